The largest absolute Gasteiger partial charge is 0.355 e. The normalized spacial score (nSPS) is 27.4. The number of hydrogen-bond acceptors (Lipinski definition) is 2. The van der Waals surface area contributed by atoms with Crippen LogP contribution in [-0.4, -0.2) is 25.0 Å². The first-order chi connectivity index (χ1) is 7.63. The lowest BCUT2D eigenvalue weighted by Crippen LogP contribution is -2.47. The summed E-state index contributed by atoms with van der Waals surface area (Å²) < 4.78 is 0. The maximum Gasteiger partial charge on any atom is 0.220 e. The molecule has 1 rings (SSSR count). The minimum atomic E-state index is 0.203. The van der Waals surface area contributed by atoms with Gasteiger partial charge >= 0.3 is 0 Å². The van der Waals surface area contributed by atoms with Crippen LogP contribution in [0.5, 0.6) is 0 Å². The van der Waals surface area contributed by atoms with Crippen LogP contribution in [0.2, 0.25) is 0 Å². The number of rotatable bonds is 5. The molecule has 1 aliphatic heterocycles. The van der Waals surface area contributed by atoms with E-state index in [0.29, 0.717) is 24.3 Å². The van der Waals surface area contributed by atoms with Crippen molar-refractivity contribution in [2.24, 2.45) is 11.8 Å². The van der Waals surface area contributed by atoms with Crippen LogP contribution in [0.15, 0.2) is 0 Å². The molecule has 16 heavy (non-hydrogen) atoms. The maximum atomic E-state index is 11.6. The molecule has 3 heteroatoms. The van der Waals surface area contributed by atoms with Crippen molar-refractivity contribution >= 4 is 5.91 Å². The van der Waals surface area contributed by atoms with Crippen molar-refractivity contribution in [1.29, 1.82) is 0 Å². The molecule has 1 amide bonds. The number of piperidine rings is 1. The predicted molar refractivity (Wildman–Crippen MR) is 67.3 cm³/mol. The van der Waals surface area contributed by atoms with E-state index in [1.54, 1.807) is 0 Å². The van der Waals surface area contributed by atoms with E-state index < -0.39 is 0 Å². The Labute approximate surface area is 99.4 Å². The molecule has 1 fully saturated rings. The quantitative estimate of drug-likeness (QED) is 0.752. The van der Waals surface area contributed by atoms with Gasteiger partial charge in [-0.05, 0) is 31.2 Å². The van der Waals surface area contributed by atoms with Crippen molar-refractivity contribution in [3.05, 3.63) is 0 Å². The van der Waals surface area contributed by atoms with Crippen molar-refractivity contribution < 1.29 is 4.79 Å². The number of carbonyl (C=O) groups is 1. The summed E-state index contributed by atoms with van der Waals surface area (Å²) in [5, 5.41) is 6.52. The highest BCUT2D eigenvalue weighted by Crippen LogP contribution is 2.14. The molecule has 1 aliphatic rings. The van der Waals surface area contributed by atoms with Crippen molar-refractivity contribution in [3.8, 4) is 0 Å². The van der Waals surface area contributed by atoms with E-state index in [9.17, 15) is 4.79 Å². The van der Waals surface area contributed by atoms with Crippen LogP contribution in [0.1, 0.15) is 46.5 Å². The number of amides is 1. The van der Waals surface area contributed by atoms with E-state index >= 15 is 0 Å². The van der Waals surface area contributed by atoms with Crippen LogP contribution >= 0.6 is 0 Å². The molecule has 0 saturated carbocycles. The summed E-state index contributed by atoms with van der Waals surface area (Å²) in [6, 6.07) is 0.467. The monoisotopic (exact) mass is 226 g/mol. The molecular formula is C13H26N2O. The Morgan fingerprint density at radius 2 is 2.31 bits per heavy atom. The lowest BCUT2D eigenvalue weighted by atomic mass is 9.92. The molecule has 1 saturated heterocycles. The van der Waals surface area contributed by atoms with Crippen LogP contribution < -0.4 is 10.6 Å². The first-order valence-corrected chi connectivity index (χ1v) is 6.63. The summed E-state index contributed by atoms with van der Waals surface area (Å²) in [6.45, 7) is 8.40. The van der Waals surface area contributed by atoms with Gasteiger partial charge in [-0.1, -0.05) is 27.2 Å². The second-order valence-corrected chi connectivity index (χ2v) is 5.20. The minimum absolute atomic E-state index is 0.203. The Bertz CT molecular complexity index is 218. The summed E-state index contributed by atoms with van der Waals surface area (Å²) in [7, 11) is 0. The Morgan fingerprint density at radius 1 is 1.56 bits per heavy atom. The highest BCUT2D eigenvalue weighted by atomic mass is 16.1. The molecule has 0 aromatic carbocycles. The van der Waals surface area contributed by atoms with E-state index in [2.05, 4.69) is 31.4 Å². The second kappa shape index (κ2) is 6.89. The van der Waals surface area contributed by atoms with Crippen LogP contribution in [-0.2, 0) is 4.79 Å². The van der Waals surface area contributed by atoms with Crippen LogP contribution in [0.25, 0.3) is 0 Å². The molecule has 94 valence electrons. The fraction of sp³-hybridized carbons (Fsp3) is 0.923. The summed E-state index contributed by atoms with van der Waals surface area (Å²) in [4.78, 5) is 11.6. The molecule has 2 N–H and O–H groups in total. The third kappa shape index (κ3) is 4.52. The lowest BCUT2D eigenvalue weighted by Gasteiger charge is -2.30. The van der Waals surface area contributed by atoms with E-state index in [0.717, 1.165) is 19.5 Å². The third-order valence-corrected chi connectivity index (χ3v) is 3.68. The van der Waals surface area contributed by atoms with Gasteiger partial charge in [0.2, 0.25) is 5.91 Å². The van der Waals surface area contributed by atoms with Gasteiger partial charge in [-0.2, -0.15) is 0 Å². The number of hydrogen-bond donors (Lipinski definition) is 2. The molecule has 0 radical (unpaired) electrons. The highest BCUT2D eigenvalue weighted by molar-refractivity contribution is 5.76. The maximum absolute atomic E-state index is 11.6. The van der Waals surface area contributed by atoms with Gasteiger partial charge in [0.1, 0.15) is 0 Å². The van der Waals surface area contributed by atoms with Crippen molar-refractivity contribution in [2.75, 3.05) is 13.1 Å². The highest BCUT2D eigenvalue weighted by Gasteiger charge is 2.21. The Kier molecular flexibility index (Phi) is 5.81. The molecule has 3 atom stereocenters. The van der Waals surface area contributed by atoms with Gasteiger partial charge < -0.3 is 10.6 Å². The second-order valence-electron chi connectivity index (χ2n) is 5.20. The molecule has 3 unspecified atom stereocenters. The molecule has 3 nitrogen and oxygen atoms in total. The van der Waals surface area contributed by atoms with E-state index in [1.165, 1.54) is 12.8 Å². The molecule has 0 bridgehead atoms. The number of nitrogens with one attached hydrogen (secondary N) is 2. The average molecular weight is 226 g/mol. The molecule has 0 aromatic rings. The Morgan fingerprint density at radius 3 is 2.94 bits per heavy atom. The van der Waals surface area contributed by atoms with Crippen molar-refractivity contribution in [3.63, 3.8) is 0 Å². The third-order valence-electron chi connectivity index (χ3n) is 3.68. The van der Waals surface area contributed by atoms with Gasteiger partial charge in [-0.25, -0.2) is 0 Å². The fourth-order valence-electron chi connectivity index (χ4n) is 2.14. The molecule has 0 spiro atoms. The van der Waals surface area contributed by atoms with Crippen LogP contribution in [0.4, 0.5) is 0 Å². The predicted octanol–water partition coefficient (Wildman–Crippen LogP) is 1.93. The minimum Gasteiger partial charge on any atom is -0.355 e. The zero-order chi connectivity index (χ0) is 12.0. The smallest absolute Gasteiger partial charge is 0.220 e. The summed E-state index contributed by atoms with van der Waals surface area (Å²) >= 11 is 0. The van der Waals surface area contributed by atoms with Gasteiger partial charge in [0.25, 0.3) is 0 Å². The van der Waals surface area contributed by atoms with Crippen LogP contribution in [0, 0.1) is 11.8 Å². The summed E-state index contributed by atoms with van der Waals surface area (Å²) in [6.07, 6.45) is 4.28. The van der Waals surface area contributed by atoms with Gasteiger partial charge in [0.15, 0.2) is 0 Å². The van der Waals surface area contributed by atoms with E-state index in [1.807, 2.05) is 0 Å². The zero-order valence-corrected chi connectivity index (χ0v) is 10.9. The molecular weight excluding hydrogens is 200 g/mol. The molecule has 0 aromatic heterocycles. The van der Waals surface area contributed by atoms with Gasteiger partial charge in [0, 0.05) is 19.0 Å². The first-order valence-electron chi connectivity index (χ1n) is 6.63. The standard InChI is InChI=1S/C13H26N2O/c1-4-10(2)8-13(16)15-9-12-11(3)6-5-7-14-12/h10-12,14H,4-9H2,1-3H3,(H,15,16). The van der Waals surface area contributed by atoms with E-state index in [-0.39, 0.29) is 5.91 Å². The fourth-order valence-corrected chi connectivity index (χ4v) is 2.14. The topological polar surface area (TPSA) is 41.1 Å². The van der Waals surface area contributed by atoms with Gasteiger partial charge in [0.05, 0.1) is 0 Å². The lowest BCUT2D eigenvalue weighted by molar-refractivity contribution is -0.122. The van der Waals surface area contributed by atoms with Gasteiger partial charge in [-0.15, -0.1) is 0 Å². The summed E-state index contributed by atoms with van der Waals surface area (Å²) in [5.41, 5.74) is 0. The van der Waals surface area contributed by atoms with Crippen molar-refractivity contribution in [1.82, 2.24) is 10.6 Å². The Hall–Kier alpha value is -0.570. The SMILES string of the molecule is CCC(C)CC(=O)NCC1NCCCC1C. The zero-order valence-electron chi connectivity index (χ0n) is 10.9. The first kappa shape index (κ1) is 13.5. The molecule has 0 aliphatic carbocycles. The van der Waals surface area contributed by atoms with E-state index in [4.69, 9.17) is 0 Å². The molecule has 1 heterocycles. The van der Waals surface area contributed by atoms with Gasteiger partial charge in [-0.3, -0.25) is 4.79 Å². The number of carbonyl (C=O) groups excluding carboxylic acids is 1. The average Bonchev–Trinajstić information content (AvgIpc) is 2.28. The Balaban J connectivity index is 2.20. The summed E-state index contributed by atoms with van der Waals surface area (Å²) in [5.74, 6) is 1.38. The van der Waals surface area contributed by atoms with Crippen LogP contribution in [0.3, 0.4) is 0 Å². The van der Waals surface area contributed by atoms with Crippen molar-refractivity contribution in [2.45, 2.75) is 52.5 Å².